The molecule has 49 heavy (non-hydrogen) atoms. The Balaban J connectivity index is 1.17. The summed E-state index contributed by atoms with van der Waals surface area (Å²) >= 11 is 1.73. The lowest BCUT2D eigenvalue weighted by Gasteiger charge is -2.21. The normalized spacial score (nSPS) is 13.3. The maximum atomic E-state index is 5.08. The van der Waals surface area contributed by atoms with Crippen LogP contribution in [0.2, 0.25) is 0 Å². The Morgan fingerprint density at radius 3 is 1.94 bits per heavy atom. The molecule has 0 unspecified atom stereocenters. The van der Waals surface area contributed by atoms with E-state index in [1.165, 1.54) is 38.1 Å². The Morgan fingerprint density at radius 1 is 0.551 bits per heavy atom. The van der Waals surface area contributed by atoms with Crippen LogP contribution < -0.4 is 0 Å². The van der Waals surface area contributed by atoms with Gasteiger partial charge in [0.05, 0.1) is 26.8 Å². The van der Waals surface area contributed by atoms with Gasteiger partial charge >= 0.3 is 0 Å². The summed E-state index contributed by atoms with van der Waals surface area (Å²) in [5.74, 6) is 1.88. The van der Waals surface area contributed by atoms with Crippen LogP contribution in [0.5, 0.6) is 0 Å². The third-order valence-corrected chi connectivity index (χ3v) is 10.9. The van der Waals surface area contributed by atoms with Crippen LogP contribution in [0.3, 0.4) is 0 Å². The first-order valence-corrected chi connectivity index (χ1v) is 17.3. The van der Waals surface area contributed by atoms with Crippen molar-refractivity contribution in [2.24, 2.45) is 0 Å². The number of benzene rings is 6. The number of nitrogens with zero attached hydrogens (tertiary/aromatic N) is 5. The first-order chi connectivity index (χ1) is 24.0. The minimum atomic E-state index is -0.0689. The van der Waals surface area contributed by atoms with Crippen molar-refractivity contribution in [2.45, 2.75) is 19.3 Å². The van der Waals surface area contributed by atoms with Gasteiger partial charge in [-0.1, -0.05) is 117 Å². The van der Waals surface area contributed by atoms with E-state index in [2.05, 4.69) is 96.2 Å². The van der Waals surface area contributed by atoms with E-state index < -0.39 is 0 Å². The summed E-state index contributed by atoms with van der Waals surface area (Å²) in [6, 6.07) is 47.0. The van der Waals surface area contributed by atoms with Crippen molar-refractivity contribution in [3.8, 4) is 51.0 Å². The molecule has 9 aromatic rings. The smallest absolute Gasteiger partial charge is 0.238 e. The molecule has 6 aromatic carbocycles. The second-order valence-electron chi connectivity index (χ2n) is 13.2. The molecule has 5 nitrogen and oxygen atoms in total. The van der Waals surface area contributed by atoms with Crippen molar-refractivity contribution in [3.63, 3.8) is 0 Å². The fourth-order valence-corrected chi connectivity index (χ4v) is 8.45. The third-order valence-electron chi connectivity index (χ3n) is 10.0. The molecule has 0 bridgehead atoms. The van der Waals surface area contributed by atoms with Crippen molar-refractivity contribution < 1.29 is 0 Å². The molecular formula is C43H29N5S. The molecule has 0 amide bonds. The number of rotatable bonds is 4. The fraction of sp³-hybridized carbons (Fsp3) is 0.0698. The summed E-state index contributed by atoms with van der Waals surface area (Å²) in [6.07, 6.45) is 0. The number of hydrogen-bond acceptors (Lipinski definition) is 5. The molecule has 232 valence electrons. The van der Waals surface area contributed by atoms with Gasteiger partial charge < -0.3 is 0 Å². The van der Waals surface area contributed by atoms with Gasteiger partial charge in [-0.05, 0) is 58.1 Å². The van der Waals surface area contributed by atoms with Crippen LogP contribution in [0.4, 0.5) is 0 Å². The van der Waals surface area contributed by atoms with Gasteiger partial charge in [0, 0.05) is 32.9 Å². The summed E-state index contributed by atoms with van der Waals surface area (Å²) < 4.78 is 3.44. The van der Waals surface area contributed by atoms with E-state index >= 15 is 0 Å². The molecule has 0 saturated carbocycles. The Morgan fingerprint density at radius 2 is 1.18 bits per heavy atom. The van der Waals surface area contributed by atoms with Crippen molar-refractivity contribution in [1.82, 2.24) is 24.5 Å². The minimum Gasteiger partial charge on any atom is -0.278 e. The van der Waals surface area contributed by atoms with Crippen LogP contribution in [0.1, 0.15) is 25.0 Å². The van der Waals surface area contributed by atoms with E-state index in [0.717, 1.165) is 38.4 Å². The Labute approximate surface area is 287 Å². The predicted molar refractivity (Wildman–Crippen MR) is 201 cm³/mol. The van der Waals surface area contributed by atoms with E-state index in [4.69, 9.17) is 15.0 Å². The van der Waals surface area contributed by atoms with E-state index in [0.29, 0.717) is 17.6 Å². The highest BCUT2D eigenvalue weighted by Crippen LogP contribution is 2.52. The maximum Gasteiger partial charge on any atom is 0.238 e. The van der Waals surface area contributed by atoms with Gasteiger partial charge in [-0.3, -0.25) is 4.57 Å². The van der Waals surface area contributed by atoms with E-state index in [1.54, 1.807) is 11.3 Å². The van der Waals surface area contributed by atoms with Gasteiger partial charge in [0.15, 0.2) is 11.6 Å². The zero-order valence-corrected chi connectivity index (χ0v) is 27.7. The molecule has 1 aliphatic carbocycles. The fourth-order valence-electron chi connectivity index (χ4n) is 7.60. The molecule has 0 N–H and O–H groups in total. The summed E-state index contributed by atoms with van der Waals surface area (Å²) in [4.78, 5) is 19.7. The molecular weight excluding hydrogens is 619 g/mol. The van der Waals surface area contributed by atoms with Crippen LogP contribution in [0, 0.1) is 0 Å². The molecule has 6 heteroatoms. The zero-order valence-electron chi connectivity index (χ0n) is 26.9. The number of fused-ring (bicyclic) bond motifs is 8. The molecule has 1 aliphatic rings. The van der Waals surface area contributed by atoms with Crippen LogP contribution >= 0.6 is 11.3 Å². The van der Waals surface area contributed by atoms with Crippen molar-refractivity contribution in [2.75, 3.05) is 0 Å². The summed E-state index contributed by atoms with van der Waals surface area (Å²) in [7, 11) is 0. The Bertz CT molecular complexity index is 2680. The van der Waals surface area contributed by atoms with Gasteiger partial charge in [0.25, 0.3) is 0 Å². The molecule has 0 saturated heterocycles. The van der Waals surface area contributed by atoms with Gasteiger partial charge in [-0.15, -0.1) is 11.3 Å². The lowest BCUT2D eigenvalue weighted by molar-refractivity contribution is 0.661. The standard InChI is InChI=1S/C43H29N5S/c1-43(2)33-19-17-28(24-32(33)38-34(43)20-21-35-39(38)49-25-44-35)29-18-22-37-31(23-29)30-15-9-10-16-36(30)48(37)42-46-40(26-11-5-3-6-12-26)45-41(47-42)27-13-7-4-8-14-27/h3-25H,1-2H3. The quantitative estimate of drug-likeness (QED) is 0.191. The van der Waals surface area contributed by atoms with Crippen molar-refractivity contribution >= 4 is 43.4 Å². The van der Waals surface area contributed by atoms with E-state index in [-0.39, 0.29) is 5.41 Å². The van der Waals surface area contributed by atoms with E-state index in [1.807, 2.05) is 66.2 Å². The summed E-state index contributed by atoms with van der Waals surface area (Å²) in [5, 5.41) is 2.31. The van der Waals surface area contributed by atoms with Crippen LogP contribution in [-0.2, 0) is 5.41 Å². The first-order valence-electron chi connectivity index (χ1n) is 16.5. The predicted octanol–water partition coefficient (Wildman–Crippen LogP) is 10.9. The van der Waals surface area contributed by atoms with Gasteiger partial charge in [-0.25, -0.2) is 9.97 Å². The van der Waals surface area contributed by atoms with Gasteiger partial charge in [-0.2, -0.15) is 9.97 Å². The van der Waals surface area contributed by atoms with Gasteiger partial charge in [0.2, 0.25) is 5.95 Å². The van der Waals surface area contributed by atoms with Crippen molar-refractivity contribution in [1.29, 1.82) is 0 Å². The van der Waals surface area contributed by atoms with Crippen LogP contribution in [-0.4, -0.2) is 24.5 Å². The number of aromatic nitrogens is 5. The lowest BCUT2D eigenvalue weighted by atomic mass is 9.82. The third kappa shape index (κ3) is 4.24. The van der Waals surface area contributed by atoms with E-state index in [9.17, 15) is 0 Å². The summed E-state index contributed by atoms with van der Waals surface area (Å²) in [5.41, 5.74) is 14.7. The largest absolute Gasteiger partial charge is 0.278 e. The molecule has 3 aromatic heterocycles. The average molecular weight is 648 g/mol. The number of thiazole rings is 1. The second kappa shape index (κ2) is 10.5. The highest BCUT2D eigenvalue weighted by Gasteiger charge is 2.37. The number of para-hydroxylation sites is 1. The molecule has 3 heterocycles. The van der Waals surface area contributed by atoms with Gasteiger partial charge in [0.1, 0.15) is 0 Å². The molecule has 0 aliphatic heterocycles. The zero-order chi connectivity index (χ0) is 32.7. The topological polar surface area (TPSA) is 56.5 Å². The summed E-state index contributed by atoms with van der Waals surface area (Å²) in [6.45, 7) is 4.66. The first kappa shape index (κ1) is 28.1. The average Bonchev–Trinajstić information content (AvgIpc) is 3.83. The monoisotopic (exact) mass is 647 g/mol. The molecule has 0 radical (unpaired) electrons. The molecule has 0 spiro atoms. The maximum absolute atomic E-state index is 5.08. The van der Waals surface area contributed by atoms with Crippen LogP contribution in [0.15, 0.2) is 139 Å². The Kier molecular flexibility index (Phi) is 6.02. The minimum absolute atomic E-state index is 0.0689. The second-order valence-corrected chi connectivity index (χ2v) is 14.0. The Hall–Kier alpha value is -5.98. The molecule has 0 fully saturated rings. The highest BCUT2D eigenvalue weighted by molar-refractivity contribution is 7.17. The lowest BCUT2D eigenvalue weighted by Crippen LogP contribution is -2.14. The number of hydrogen-bond donors (Lipinski definition) is 0. The van der Waals surface area contributed by atoms with Crippen molar-refractivity contribution in [3.05, 3.63) is 150 Å². The SMILES string of the molecule is CC1(C)c2ccc(-c3ccc4c(c3)c3ccccc3n4-c3nc(-c4ccccc4)nc(-c4ccccc4)n3)cc2-c2c1ccc1ncsc21. The molecule has 10 rings (SSSR count). The van der Waals surface area contributed by atoms with Crippen LogP contribution in [0.25, 0.3) is 83.0 Å². The molecule has 0 atom stereocenters. The highest BCUT2D eigenvalue weighted by atomic mass is 32.1.